The number of rotatable bonds is 3. The first-order valence-corrected chi connectivity index (χ1v) is 16.3. The lowest BCUT2D eigenvalue weighted by Gasteiger charge is -2.38. The zero-order chi connectivity index (χ0) is 26.9. The van der Waals surface area contributed by atoms with Crippen molar-refractivity contribution in [2.24, 2.45) is 0 Å². The number of hydrogen-bond acceptors (Lipinski definition) is 5. The molecule has 0 N–H and O–H groups in total. The van der Waals surface area contributed by atoms with Crippen LogP contribution >= 0.6 is 0 Å². The average molecular weight is 525 g/mol. The molecule has 0 spiro atoms. The number of benzene rings is 2. The van der Waals surface area contributed by atoms with Crippen molar-refractivity contribution in [3.8, 4) is 0 Å². The van der Waals surface area contributed by atoms with Gasteiger partial charge in [0.25, 0.3) is 0 Å². The Hall–Kier alpha value is -3.80. The minimum absolute atomic E-state index is 0.250. The third-order valence-electron chi connectivity index (χ3n) is 8.25. The summed E-state index contributed by atoms with van der Waals surface area (Å²) in [7, 11) is -2.05. The van der Waals surface area contributed by atoms with Gasteiger partial charge in [0.05, 0.1) is 5.97 Å². The van der Waals surface area contributed by atoms with E-state index in [1.165, 1.54) is 58.6 Å². The van der Waals surface area contributed by atoms with Crippen molar-refractivity contribution in [1.29, 1.82) is 0 Å². The van der Waals surface area contributed by atoms with E-state index in [4.69, 9.17) is 9.59 Å². The third kappa shape index (κ3) is 4.53. The Bertz CT molecular complexity index is 1440. The number of nitrogens with zero attached hydrogens (tertiary/aromatic N) is 2. The van der Waals surface area contributed by atoms with E-state index < -0.39 is 14.0 Å². The van der Waals surface area contributed by atoms with Gasteiger partial charge in [0.1, 0.15) is 21.2 Å². The molecule has 2 aromatic rings. The van der Waals surface area contributed by atoms with Gasteiger partial charge in [-0.05, 0) is 63.7 Å². The number of carbonyl (C=O) groups is 1. The number of carbonyl (C=O) groups excluding carboxylic acids is 3. The van der Waals surface area contributed by atoms with Crippen LogP contribution in [0, 0.1) is 0 Å². The van der Waals surface area contributed by atoms with E-state index in [1.807, 2.05) is 12.1 Å². The van der Waals surface area contributed by atoms with Gasteiger partial charge >= 0.3 is 6.15 Å². The second-order valence-corrected chi connectivity index (χ2v) is 15.1. The van der Waals surface area contributed by atoms with Gasteiger partial charge in [-0.15, -0.1) is 0 Å². The predicted molar refractivity (Wildman–Crippen MR) is 148 cm³/mol. The Morgan fingerprint density at radius 1 is 0.947 bits per heavy atom. The highest BCUT2D eigenvalue weighted by Crippen LogP contribution is 2.42. The van der Waals surface area contributed by atoms with Crippen LogP contribution in [0.1, 0.15) is 47.2 Å². The molecule has 3 aliphatic heterocycles. The van der Waals surface area contributed by atoms with E-state index in [2.05, 4.69) is 59.0 Å². The van der Waals surface area contributed by atoms with E-state index in [0.717, 1.165) is 37.3 Å². The zero-order valence-corrected chi connectivity index (χ0v) is 23.0. The third-order valence-corrected chi connectivity index (χ3v) is 11.8. The van der Waals surface area contributed by atoms with Crippen LogP contribution in [0.5, 0.6) is 0 Å². The van der Waals surface area contributed by atoms with Crippen LogP contribution in [0.3, 0.4) is 0 Å². The van der Waals surface area contributed by atoms with Gasteiger partial charge in [-0.25, -0.2) is 4.58 Å². The summed E-state index contributed by atoms with van der Waals surface area (Å²) in [5.41, 5.74) is 7.00. The van der Waals surface area contributed by atoms with E-state index in [0.29, 0.717) is 0 Å². The van der Waals surface area contributed by atoms with Crippen molar-refractivity contribution in [3.63, 3.8) is 0 Å². The van der Waals surface area contributed by atoms with Crippen LogP contribution in [0.25, 0.3) is 5.57 Å². The van der Waals surface area contributed by atoms with Crippen LogP contribution in [0.4, 0.5) is 5.69 Å². The fourth-order valence-electron chi connectivity index (χ4n) is 6.34. The fraction of sp³-hybridized carbons (Fsp3) is 0.323. The van der Waals surface area contributed by atoms with E-state index in [-0.39, 0.29) is 11.7 Å². The van der Waals surface area contributed by atoms with Crippen LogP contribution in [-0.4, -0.2) is 56.7 Å². The van der Waals surface area contributed by atoms with Crippen LogP contribution in [-0.2, 0) is 9.59 Å². The molecule has 1 aliphatic carbocycles. The summed E-state index contributed by atoms with van der Waals surface area (Å²) in [6.07, 6.45) is 12.1. The Kier molecular flexibility index (Phi) is 7.15. The van der Waals surface area contributed by atoms with Crippen molar-refractivity contribution < 1.29 is 24.1 Å². The summed E-state index contributed by atoms with van der Waals surface area (Å²) in [6, 6.07) is 14.2. The summed E-state index contributed by atoms with van der Waals surface area (Å²) in [6.45, 7) is 9.35. The first kappa shape index (κ1) is 25.8. The normalized spacial score (nSPS) is 19.3. The largest absolute Gasteiger partial charge is 0.545 e. The maximum absolute atomic E-state index is 12.1. The van der Waals surface area contributed by atoms with Gasteiger partial charge in [0.15, 0.2) is 5.71 Å². The molecule has 0 atom stereocenters. The van der Waals surface area contributed by atoms with E-state index in [1.54, 1.807) is 12.1 Å². The molecule has 0 aromatic heterocycles. The summed E-state index contributed by atoms with van der Waals surface area (Å²) >= 11 is 0. The van der Waals surface area contributed by atoms with E-state index in [9.17, 15) is 9.90 Å². The van der Waals surface area contributed by atoms with Gasteiger partial charge in [0, 0.05) is 49.3 Å². The molecule has 4 aliphatic rings. The van der Waals surface area contributed by atoms with Gasteiger partial charge < -0.3 is 14.8 Å². The van der Waals surface area contributed by atoms with Crippen molar-refractivity contribution in [2.45, 2.75) is 38.8 Å². The standard InChI is InChI=1S/C30H32N2O2Si.CO2/c1-35(2)27-19-21(31-15-5-6-16-31)11-13-25(27)29(23-9-3-4-10-24(23)30(33)34)26-14-12-22(20-28(26)35)32-17-7-8-18-32;2-1-3/h3-4,9-14,19-20H,5-8,15-18H2,1-2H3;. The minimum Gasteiger partial charge on any atom is -0.545 e. The number of anilines is 1. The van der Waals surface area contributed by atoms with Gasteiger partial charge in [0.2, 0.25) is 0 Å². The van der Waals surface area contributed by atoms with Gasteiger partial charge in [-0.2, -0.15) is 9.59 Å². The average Bonchev–Trinajstić information content (AvgIpc) is 3.65. The lowest BCUT2D eigenvalue weighted by Crippen LogP contribution is -2.50. The molecule has 2 saturated heterocycles. The maximum atomic E-state index is 12.1. The molecule has 0 amide bonds. The summed E-state index contributed by atoms with van der Waals surface area (Å²) in [5.74, 6) is -1.12. The number of carboxylic acids is 1. The van der Waals surface area contributed by atoms with Crippen LogP contribution < -0.4 is 15.2 Å². The molecule has 6 nitrogen and oxygen atoms in total. The SMILES string of the molecule is C[Si]1(C)C2=CC(=[N+]3CCCC3)C=CC2=C(c2ccccc2C(=O)[O-])c2ccc(N3CCCC3)cc21.O=C=O. The molecule has 0 saturated carbocycles. The van der Waals surface area contributed by atoms with Crippen molar-refractivity contribution in [2.75, 3.05) is 31.1 Å². The first-order valence-electron chi connectivity index (χ1n) is 13.3. The molecule has 0 bridgehead atoms. The van der Waals surface area contributed by atoms with Crippen molar-refractivity contribution >= 4 is 42.4 Å². The lowest BCUT2D eigenvalue weighted by molar-refractivity contribution is -0.504. The molecular weight excluding hydrogens is 492 g/mol. The smallest absolute Gasteiger partial charge is 0.373 e. The van der Waals surface area contributed by atoms with Crippen molar-refractivity contribution in [1.82, 2.24) is 0 Å². The summed E-state index contributed by atoms with van der Waals surface area (Å²) in [4.78, 5) is 30.9. The summed E-state index contributed by atoms with van der Waals surface area (Å²) in [5, 5.41) is 14.9. The van der Waals surface area contributed by atoms with Crippen LogP contribution in [0.2, 0.25) is 13.1 Å². The first-order chi connectivity index (χ1) is 18.4. The van der Waals surface area contributed by atoms with E-state index >= 15 is 0 Å². The molecule has 7 heteroatoms. The second kappa shape index (κ2) is 10.5. The molecule has 194 valence electrons. The monoisotopic (exact) mass is 524 g/mol. The van der Waals surface area contributed by atoms with Crippen LogP contribution in [0.15, 0.2) is 71.5 Å². The second-order valence-electron chi connectivity index (χ2n) is 10.8. The van der Waals surface area contributed by atoms with Gasteiger partial charge in [-0.1, -0.05) is 43.4 Å². The number of allylic oxidation sites excluding steroid dienone is 5. The minimum atomic E-state index is -2.05. The molecule has 3 heterocycles. The number of fused-ring (bicyclic) bond motifs is 2. The molecule has 0 unspecified atom stereocenters. The molecular formula is C31H32N2O4Si. The number of carboxylic acid groups (broad SMARTS) is 1. The topological polar surface area (TPSA) is 80.5 Å². The molecule has 6 rings (SSSR count). The van der Waals surface area contributed by atoms with Crippen molar-refractivity contribution in [3.05, 3.63) is 88.2 Å². The molecule has 2 fully saturated rings. The lowest BCUT2D eigenvalue weighted by atomic mass is 9.87. The number of hydrogen-bond donors (Lipinski definition) is 0. The highest BCUT2D eigenvalue weighted by atomic mass is 28.3. The summed E-state index contributed by atoms with van der Waals surface area (Å²) < 4.78 is 2.50. The Labute approximate surface area is 224 Å². The quantitative estimate of drug-likeness (QED) is 0.455. The maximum Gasteiger partial charge on any atom is 0.373 e. The molecule has 38 heavy (non-hydrogen) atoms. The Morgan fingerprint density at radius 3 is 2.32 bits per heavy atom. The highest BCUT2D eigenvalue weighted by molar-refractivity contribution is 6.98. The zero-order valence-electron chi connectivity index (χ0n) is 22.0. The molecule has 2 aromatic carbocycles. The number of aromatic carboxylic acids is 1. The fourth-order valence-corrected chi connectivity index (χ4v) is 9.41. The van der Waals surface area contributed by atoms with Gasteiger partial charge in [-0.3, -0.25) is 0 Å². The predicted octanol–water partition coefficient (Wildman–Crippen LogP) is 3.08. The highest BCUT2D eigenvalue weighted by Gasteiger charge is 2.41. The Balaban J connectivity index is 0.000000937. The Morgan fingerprint density at radius 2 is 1.63 bits per heavy atom. The molecule has 0 radical (unpaired) electrons.